The molecule has 0 aliphatic heterocycles. The number of hydrogen-bond acceptors (Lipinski definition) is 4. The maximum Gasteiger partial charge on any atom is 0.341 e. The molecular formula is C19H15N3O3. The molecule has 6 heteroatoms. The summed E-state index contributed by atoms with van der Waals surface area (Å²) in [6, 6.07) is 15.9. The van der Waals surface area contributed by atoms with Crippen LogP contribution in [0.3, 0.4) is 0 Å². The summed E-state index contributed by atoms with van der Waals surface area (Å²) in [7, 11) is 0. The number of hydrogen-bond donors (Lipinski definition) is 2. The number of nitrogens with one attached hydrogen (secondary N) is 2. The van der Waals surface area contributed by atoms with Crippen molar-refractivity contribution in [3.63, 3.8) is 0 Å². The average Bonchev–Trinajstić information content (AvgIpc) is 3.06. The fraction of sp³-hybridized carbons (Fsp3) is 0.105. The highest BCUT2D eigenvalue weighted by atomic mass is 16.5. The van der Waals surface area contributed by atoms with Gasteiger partial charge in [0.2, 0.25) is 0 Å². The van der Waals surface area contributed by atoms with Crippen molar-refractivity contribution < 1.29 is 14.3 Å². The standard InChI is InChI=1S/C19H15N3O3/c1-12(18(23)22-16-8-4-2-6-13(16)10-20)25-19(24)15-11-21-17-9-5-3-7-14(15)17/h2-9,11-12,21H,1H3,(H,22,23)/t12-/m1/s1. The van der Waals surface area contributed by atoms with E-state index >= 15 is 0 Å². The molecule has 25 heavy (non-hydrogen) atoms. The Morgan fingerprint density at radius 1 is 1.16 bits per heavy atom. The number of benzene rings is 2. The lowest BCUT2D eigenvalue weighted by Crippen LogP contribution is -2.30. The molecule has 3 aromatic rings. The Kier molecular flexibility index (Phi) is 4.48. The minimum absolute atomic E-state index is 0.339. The fourth-order valence-electron chi connectivity index (χ4n) is 2.44. The first-order valence-corrected chi connectivity index (χ1v) is 7.67. The van der Waals surface area contributed by atoms with Crippen molar-refractivity contribution in [3.05, 3.63) is 65.9 Å². The van der Waals surface area contributed by atoms with E-state index in [-0.39, 0.29) is 0 Å². The van der Waals surface area contributed by atoms with Crippen molar-refractivity contribution in [1.29, 1.82) is 5.26 Å². The number of nitrogens with zero attached hydrogens (tertiary/aromatic N) is 1. The van der Waals surface area contributed by atoms with E-state index in [1.54, 1.807) is 36.5 Å². The van der Waals surface area contributed by atoms with Crippen molar-refractivity contribution in [3.8, 4) is 6.07 Å². The van der Waals surface area contributed by atoms with Gasteiger partial charge in [0.25, 0.3) is 5.91 Å². The monoisotopic (exact) mass is 333 g/mol. The number of nitriles is 1. The number of amides is 1. The second-order valence-corrected chi connectivity index (χ2v) is 5.44. The van der Waals surface area contributed by atoms with Crippen LogP contribution in [0.1, 0.15) is 22.8 Å². The van der Waals surface area contributed by atoms with E-state index in [4.69, 9.17) is 10.00 Å². The molecule has 0 aliphatic carbocycles. The molecule has 2 N–H and O–H groups in total. The van der Waals surface area contributed by atoms with E-state index in [0.717, 1.165) is 10.9 Å². The van der Waals surface area contributed by atoms with Gasteiger partial charge < -0.3 is 15.0 Å². The molecule has 0 radical (unpaired) electrons. The van der Waals surface area contributed by atoms with Gasteiger partial charge in [0.05, 0.1) is 16.8 Å². The Labute approximate surface area is 144 Å². The molecule has 1 atom stereocenters. The van der Waals surface area contributed by atoms with Gasteiger partial charge in [-0.3, -0.25) is 4.79 Å². The summed E-state index contributed by atoms with van der Waals surface area (Å²) in [5.41, 5.74) is 1.90. The molecule has 1 amide bonds. The van der Waals surface area contributed by atoms with E-state index in [1.807, 2.05) is 24.3 Å². The smallest absolute Gasteiger partial charge is 0.341 e. The zero-order valence-corrected chi connectivity index (χ0v) is 13.4. The summed E-state index contributed by atoms with van der Waals surface area (Å²) in [6.45, 7) is 1.48. The van der Waals surface area contributed by atoms with Crippen LogP contribution in [0.15, 0.2) is 54.7 Å². The lowest BCUT2D eigenvalue weighted by Gasteiger charge is -2.14. The molecule has 0 saturated carbocycles. The van der Waals surface area contributed by atoms with Crippen LogP contribution in [0, 0.1) is 11.3 Å². The van der Waals surface area contributed by atoms with Crippen molar-refractivity contribution in [2.75, 3.05) is 5.32 Å². The predicted molar refractivity (Wildman–Crippen MR) is 93.0 cm³/mol. The van der Waals surface area contributed by atoms with Gasteiger partial charge >= 0.3 is 5.97 Å². The van der Waals surface area contributed by atoms with Gasteiger partial charge in [0.1, 0.15) is 6.07 Å². The van der Waals surface area contributed by atoms with E-state index in [1.165, 1.54) is 6.92 Å². The average molecular weight is 333 g/mol. The Morgan fingerprint density at radius 3 is 2.68 bits per heavy atom. The normalized spacial score (nSPS) is 11.5. The minimum Gasteiger partial charge on any atom is -0.449 e. The maximum absolute atomic E-state index is 12.3. The number of H-pyrrole nitrogens is 1. The molecule has 0 spiro atoms. The summed E-state index contributed by atoms with van der Waals surface area (Å²) in [6.07, 6.45) is 0.552. The lowest BCUT2D eigenvalue weighted by atomic mass is 10.2. The first-order valence-electron chi connectivity index (χ1n) is 7.67. The quantitative estimate of drug-likeness (QED) is 0.717. The number of fused-ring (bicyclic) bond motifs is 1. The zero-order valence-electron chi connectivity index (χ0n) is 13.4. The molecule has 0 bridgehead atoms. The topological polar surface area (TPSA) is 95.0 Å². The van der Waals surface area contributed by atoms with Crippen LogP contribution < -0.4 is 5.32 Å². The summed E-state index contributed by atoms with van der Waals surface area (Å²) >= 11 is 0. The summed E-state index contributed by atoms with van der Waals surface area (Å²) < 4.78 is 5.26. The SMILES string of the molecule is C[C@@H](OC(=O)c1c[nH]c2ccccc12)C(=O)Nc1ccccc1C#N. The van der Waals surface area contributed by atoms with Crippen molar-refractivity contribution in [2.45, 2.75) is 13.0 Å². The van der Waals surface area contributed by atoms with Crippen molar-refractivity contribution in [1.82, 2.24) is 4.98 Å². The number of rotatable bonds is 4. The van der Waals surface area contributed by atoms with Crippen LogP contribution in [0.5, 0.6) is 0 Å². The summed E-state index contributed by atoms with van der Waals surface area (Å²) in [5.74, 6) is -1.09. The fourth-order valence-corrected chi connectivity index (χ4v) is 2.44. The van der Waals surface area contributed by atoms with Gasteiger partial charge in [-0.15, -0.1) is 0 Å². The first-order chi connectivity index (χ1) is 12.1. The first kappa shape index (κ1) is 16.3. The van der Waals surface area contributed by atoms with Crippen molar-refractivity contribution in [2.24, 2.45) is 0 Å². The summed E-state index contributed by atoms with van der Waals surface area (Å²) in [5, 5.41) is 12.4. The number of carbonyl (C=O) groups excluding carboxylic acids is 2. The van der Waals surface area contributed by atoms with Crippen LogP contribution in [0.4, 0.5) is 5.69 Å². The van der Waals surface area contributed by atoms with E-state index < -0.39 is 18.0 Å². The lowest BCUT2D eigenvalue weighted by molar-refractivity contribution is -0.123. The molecule has 6 nitrogen and oxygen atoms in total. The van der Waals surface area contributed by atoms with Gasteiger partial charge in [-0.2, -0.15) is 5.26 Å². The second-order valence-electron chi connectivity index (χ2n) is 5.44. The molecule has 1 aromatic heterocycles. The summed E-state index contributed by atoms with van der Waals surface area (Å²) in [4.78, 5) is 27.6. The Bertz CT molecular complexity index is 985. The van der Waals surface area contributed by atoms with Gasteiger partial charge in [-0.05, 0) is 25.1 Å². The molecule has 124 valence electrons. The van der Waals surface area contributed by atoms with Crippen molar-refractivity contribution >= 4 is 28.5 Å². The highest BCUT2D eigenvalue weighted by Crippen LogP contribution is 2.19. The van der Waals surface area contributed by atoms with Crippen LogP contribution in [0.25, 0.3) is 10.9 Å². The molecular weight excluding hydrogens is 318 g/mol. The third-order valence-corrected chi connectivity index (χ3v) is 3.77. The second kappa shape index (κ2) is 6.89. The van der Waals surface area contributed by atoms with Crippen LogP contribution in [0.2, 0.25) is 0 Å². The zero-order chi connectivity index (χ0) is 17.8. The molecule has 0 saturated heterocycles. The number of aromatic nitrogens is 1. The third-order valence-electron chi connectivity index (χ3n) is 3.77. The Morgan fingerprint density at radius 2 is 1.88 bits per heavy atom. The van der Waals surface area contributed by atoms with E-state index in [2.05, 4.69) is 10.3 Å². The number of anilines is 1. The van der Waals surface area contributed by atoms with Gasteiger partial charge in [-0.25, -0.2) is 4.79 Å². The van der Waals surface area contributed by atoms with E-state index in [9.17, 15) is 9.59 Å². The highest BCUT2D eigenvalue weighted by molar-refractivity contribution is 6.05. The number of para-hydroxylation sites is 2. The van der Waals surface area contributed by atoms with Gasteiger partial charge in [0, 0.05) is 17.1 Å². The number of esters is 1. The predicted octanol–water partition coefficient (Wildman–Crippen LogP) is 3.22. The largest absolute Gasteiger partial charge is 0.449 e. The molecule has 2 aromatic carbocycles. The van der Waals surface area contributed by atoms with Gasteiger partial charge in [0.15, 0.2) is 6.10 Å². The number of carbonyl (C=O) groups is 2. The Hall–Kier alpha value is -3.59. The van der Waals surface area contributed by atoms with Crippen LogP contribution in [-0.2, 0) is 9.53 Å². The third kappa shape index (κ3) is 3.35. The minimum atomic E-state index is -1.01. The molecule has 0 fully saturated rings. The Balaban J connectivity index is 1.71. The maximum atomic E-state index is 12.3. The van der Waals surface area contributed by atoms with Crippen LogP contribution in [-0.4, -0.2) is 23.0 Å². The number of aromatic amines is 1. The highest BCUT2D eigenvalue weighted by Gasteiger charge is 2.21. The van der Waals surface area contributed by atoms with E-state index in [0.29, 0.717) is 16.8 Å². The number of ether oxygens (including phenoxy) is 1. The molecule has 0 unspecified atom stereocenters. The molecule has 1 heterocycles. The molecule has 3 rings (SSSR count). The van der Waals surface area contributed by atoms with Crippen LogP contribution >= 0.6 is 0 Å². The molecule has 0 aliphatic rings. The van der Waals surface area contributed by atoms with Gasteiger partial charge in [-0.1, -0.05) is 30.3 Å².